The lowest BCUT2D eigenvalue weighted by Crippen LogP contribution is -2.43. The van der Waals surface area contributed by atoms with Gasteiger partial charge in [0.1, 0.15) is 0 Å². The van der Waals surface area contributed by atoms with Gasteiger partial charge in [0.25, 0.3) is 0 Å². The van der Waals surface area contributed by atoms with Crippen LogP contribution in [0.3, 0.4) is 0 Å². The summed E-state index contributed by atoms with van der Waals surface area (Å²) in [5.74, 6) is 5.37. The molecule has 1 aromatic carbocycles. The molecule has 0 saturated heterocycles. The van der Waals surface area contributed by atoms with Gasteiger partial charge < -0.3 is 5.43 Å². The molecular formula is C14H25N3O2S. The summed E-state index contributed by atoms with van der Waals surface area (Å²) >= 11 is 0. The molecule has 0 aliphatic heterocycles. The highest BCUT2D eigenvalue weighted by Crippen LogP contribution is 2.26. The van der Waals surface area contributed by atoms with E-state index in [0.717, 1.165) is 12.8 Å². The molecule has 20 heavy (non-hydrogen) atoms. The average Bonchev–Trinajstić information content (AvgIpc) is 2.25. The minimum Gasteiger partial charge on any atom is -0.324 e. The maximum Gasteiger partial charge on any atom is 0.241 e. The molecule has 0 spiro atoms. The number of hydrogen-bond acceptors (Lipinski definition) is 4. The predicted molar refractivity (Wildman–Crippen MR) is 83.0 cm³/mol. The third-order valence-electron chi connectivity index (χ3n) is 3.18. The first-order chi connectivity index (χ1) is 9.13. The first kappa shape index (κ1) is 16.9. The van der Waals surface area contributed by atoms with Gasteiger partial charge >= 0.3 is 0 Å². The van der Waals surface area contributed by atoms with Crippen LogP contribution >= 0.6 is 0 Å². The zero-order valence-corrected chi connectivity index (χ0v) is 13.7. The fourth-order valence-corrected chi connectivity index (χ4v) is 4.45. The third-order valence-corrected chi connectivity index (χ3v) is 5.18. The molecule has 0 fully saturated rings. The topological polar surface area (TPSA) is 84.2 Å². The maximum atomic E-state index is 12.6. The van der Waals surface area contributed by atoms with E-state index in [1.54, 1.807) is 26.0 Å². The van der Waals surface area contributed by atoms with Crippen molar-refractivity contribution in [2.24, 2.45) is 5.84 Å². The molecule has 0 aliphatic carbocycles. The Hall–Kier alpha value is -1.11. The quantitative estimate of drug-likeness (QED) is 0.556. The Bertz CT molecular complexity index is 557. The second-order valence-electron chi connectivity index (χ2n) is 5.82. The number of hydrazine groups is 1. The molecule has 114 valence electrons. The molecular weight excluding hydrogens is 274 g/mol. The van der Waals surface area contributed by atoms with Crippen LogP contribution in [0.5, 0.6) is 0 Å². The molecule has 1 aromatic rings. The molecule has 0 aromatic heterocycles. The second-order valence-corrected chi connectivity index (χ2v) is 7.44. The van der Waals surface area contributed by atoms with E-state index in [4.69, 9.17) is 5.84 Å². The van der Waals surface area contributed by atoms with Crippen molar-refractivity contribution in [3.8, 4) is 0 Å². The first-order valence-corrected chi connectivity index (χ1v) is 8.23. The van der Waals surface area contributed by atoms with E-state index < -0.39 is 15.6 Å². The summed E-state index contributed by atoms with van der Waals surface area (Å²) in [6.45, 7) is 9.38. The summed E-state index contributed by atoms with van der Waals surface area (Å²) < 4.78 is 28.0. The van der Waals surface area contributed by atoms with Crippen molar-refractivity contribution in [1.29, 1.82) is 0 Å². The number of nitrogens with two attached hydrogens (primary N) is 1. The fourth-order valence-electron chi connectivity index (χ4n) is 2.55. The van der Waals surface area contributed by atoms with Gasteiger partial charge in [0.2, 0.25) is 10.0 Å². The van der Waals surface area contributed by atoms with E-state index in [1.165, 1.54) is 0 Å². The van der Waals surface area contributed by atoms with Gasteiger partial charge in [0, 0.05) is 11.2 Å². The van der Waals surface area contributed by atoms with Gasteiger partial charge in [-0.05, 0) is 57.4 Å². The van der Waals surface area contributed by atoms with Crippen molar-refractivity contribution in [2.75, 3.05) is 5.43 Å². The number of anilines is 1. The number of rotatable bonds is 6. The summed E-state index contributed by atoms with van der Waals surface area (Å²) in [6, 6.07) is 3.46. The van der Waals surface area contributed by atoms with Crippen LogP contribution in [-0.2, 0) is 10.0 Å². The van der Waals surface area contributed by atoms with Crippen LogP contribution in [0.4, 0.5) is 5.69 Å². The number of benzene rings is 1. The Balaban J connectivity index is 3.23. The van der Waals surface area contributed by atoms with E-state index in [-0.39, 0.29) is 0 Å². The first-order valence-electron chi connectivity index (χ1n) is 6.75. The van der Waals surface area contributed by atoms with Crippen molar-refractivity contribution >= 4 is 15.7 Å². The molecule has 0 aliphatic rings. The average molecular weight is 299 g/mol. The summed E-state index contributed by atoms with van der Waals surface area (Å²) in [7, 11) is -3.55. The Morgan fingerprint density at radius 2 is 1.70 bits per heavy atom. The molecule has 0 unspecified atom stereocenters. The Labute approximate surface area is 122 Å². The Morgan fingerprint density at radius 1 is 1.20 bits per heavy atom. The molecule has 5 nitrogen and oxygen atoms in total. The lowest BCUT2D eigenvalue weighted by atomic mass is 10.0. The van der Waals surface area contributed by atoms with Crippen LogP contribution in [0.25, 0.3) is 0 Å². The highest BCUT2D eigenvalue weighted by molar-refractivity contribution is 7.89. The van der Waals surface area contributed by atoms with Crippen LogP contribution in [0, 0.1) is 13.8 Å². The molecule has 0 atom stereocenters. The fraction of sp³-hybridized carbons (Fsp3) is 0.571. The monoisotopic (exact) mass is 299 g/mol. The molecule has 4 N–H and O–H groups in total. The standard InChI is InChI=1S/C14H25N3O2S/c1-6-7-14(4,5)17-20(18,19)13-10(2)8-12(16-15)9-11(13)3/h8-9,16-17H,6-7,15H2,1-5H3. The van der Waals surface area contributed by atoms with Gasteiger partial charge in [0.05, 0.1) is 4.90 Å². The van der Waals surface area contributed by atoms with Crippen molar-refractivity contribution in [1.82, 2.24) is 4.72 Å². The minimum absolute atomic E-state index is 0.334. The summed E-state index contributed by atoms with van der Waals surface area (Å²) in [4.78, 5) is 0.334. The van der Waals surface area contributed by atoms with Crippen molar-refractivity contribution in [3.63, 3.8) is 0 Å². The highest BCUT2D eigenvalue weighted by atomic mass is 32.2. The van der Waals surface area contributed by atoms with Gasteiger partial charge in [-0.2, -0.15) is 0 Å². The molecule has 0 bridgehead atoms. The van der Waals surface area contributed by atoms with Gasteiger partial charge in [-0.1, -0.05) is 13.3 Å². The highest BCUT2D eigenvalue weighted by Gasteiger charge is 2.27. The number of nitrogen functional groups attached to an aromatic ring is 1. The SMILES string of the molecule is CCCC(C)(C)NS(=O)(=O)c1c(C)cc(NN)cc1C. The maximum absolute atomic E-state index is 12.6. The van der Waals surface area contributed by atoms with Crippen LogP contribution in [0.2, 0.25) is 0 Å². The number of aryl methyl sites for hydroxylation is 2. The molecule has 0 saturated carbocycles. The smallest absolute Gasteiger partial charge is 0.241 e. The van der Waals surface area contributed by atoms with Crippen LogP contribution in [0.1, 0.15) is 44.7 Å². The van der Waals surface area contributed by atoms with Crippen LogP contribution < -0.4 is 16.0 Å². The largest absolute Gasteiger partial charge is 0.324 e. The van der Waals surface area contributed by atoms with E-state index in [1.807, 2.05) is 20.8 Å². The zero-order valence-electron chi connectivity index (χ0n) is 12.9. The lowest BCUT2D eigenvalue weighted by molar-refractivity contribution is 0.417. The zero-order chi connectivity index (χ0) is 15.6. The lowest BCUT2D eigenvalue weighted by Gasteiger charge is -2.26. The van der Waals surface area contributed by atoms with Crippen molar-refractivity contribution < 1.29 is 8.42 Å². The summed E-state index contributed by atoms with van der Waals surface area (Å²) in [5.41, 5.74) is 4.14. The third kappa shape index (κ3) is 3.94. The van der Waals surface area contributed by atoms with Crippen molar-refractivity contribution in [2.45, 2.75) is 57.9 Å². The molecule has 1 rings (SSSR count). The van der Waals surface area contributed by atoms with Gasteiger partial charge in [-0.15, -0.1) is 0 Å². The van der Waals surface area contributed by atoms with Crippen LogP contribution in [-0.4, -0.2) is 14.0 Å². The normalized spacial score (nSPS) is 12.5. The van der Waals surface area contributed by atoms with Crippen molar-refractivity contribution in [3.05, 3.63) is 23.3 Å². The number of nitrogens with one attached hydrogen (secondary N) is 2. The Kier molecular flexibility index (Phi) is 5.18. The number of hydrogen-bond donors (Lipinski definition) is 3. The molecule has 6 heteroatoms. The van der Waals surface area contributed by atoms with E-state index >= 15 is 0 Å². The predicted octanol–water partition coefficient (Wildman–Crippen LogP) is 2.45. The van der Waals surface area contributed by atoms with Crippen LogP contribution in [0.15, 0.2) is 17.0 Å². The van der Waals surface area contributed by atoms with Gasteiger partial charge in [0.15, 0.2) is 0 Å². The van der Waals surface area contributed by atoms with E-state index in [2.05, 4.69) is 10.1 Å². The minimum atomic E-state index is -3.55. The summed E-state index contributed by atoms with van der Waals surface area (Å²) in [6.07, 6.45) is 1.70. The molecule has 0 radical (unpaired) electrons. The summed E-state index contributed by atoms with van der Waals surface area (Å²) in [5, 5.41) is 0. The number of sulfonamides is 1. The molecule has 0 amide bonds. The van der Waals surface area contributed by atoms with E-state index in [0.29, 0.717) is 21.7 Å². The Morgan fingerprint density at radius 3 is 2.10 bits per heavy atom. The van der Waals surface area contributed by atoms with E-state index in [9.17, 15) is 8.42 Å². The van der Waals surface area contributed by atoms with Gasteiger partial charge in [-0.3, -0.25) is 5.84 Å². The molecule has 0 heterocycles. The van der Waals surface area contributed by atoms with Gasteiger partial charge in [-0.25, -0.2) is 13.1 Å². The second kappa shape index (κ2) is 6.11.